The van der Waals surface area contributed by atoms with E-state index in [9.17, 15) is 21.6 Å². The standard InChI is InChI=1S/C18H19Cl3N2O5S2/c1-11(12-4-6-13(7-5-12)29(2,25)26)22-18(24)10-23(30(3,27)28)17-9-15(20)14(19)8-16(17)21/h4-9,11H,10H2,1-3H3,(H,22,24). The number of sulfone groups is 1. The molecule has 0 bridgehead atoms. The lowest BCUT2D eigenvalue weighted by molar-refractivity contribution is -0.120. The number of hydrogen-bond acceptors (Lipinski definition) is 5. The van der Waals surface area contributed by atoms with Crippen LogP contribution in [-0.2, 0) is 24.7 Å². The largest absolute Gasteiger partial charge is 0.348 e. The summed E-state index contributed by atoms with van der Waals surface area (Å²) in [5.41, 5.74) is 0.670. The Bertz CT molecular complexity index is 1170. The molecule has 0 saturated heterocycles. The van der Waals surface area contributed by atoms with E-state index in [0.717, 1.165) is 16.8 Å². The molecule has 0 aromatic heterocycles. The van der Waals surface area contributed by atoms with E-state index < -0.39 is 38.4 Å². The first-order valence-corrected chi connectivity index (χ1v) is 13.3. The summed E-state index contributed by atoms with van der Waals surface area (Å²) in [5.74, 6) is -0.595. The Labute approximate surface area is 190 Å². The number of anilines is 1. The first kappa shape index (κ1) is 24.7. The van der Waals surface area contributed by atoms with Crippen LogP contribution in [0.15, 0.2) is 41.3 Å². The highest BCUT2D eigenvalue weighted by Gasteiger charge is 2.25. The summed E-state index contributed by atoms with van der Waals surface area (Å²) in [5, 5.41) is 2.93. The van der Waals surface area contributed by atoms with Crippen LogP contribution < -0.4 is 9.62 Å². The first-order chi connectivity index (χ1) is 13.7. The van der Waals surface area contributed by atoms with Crippen LogP contribution in [0, 0.1) is 0 Å². The highest BCUT2D eigenvalue weighted by atomic mass is 35.5. The van der Waals surface area contributed by atoms with Crippen molar-refractivity contribution in [1.82, 2.24) is 5.32 Å². The highest BCUT2D eigenvalue weighted by Crippen LogP contribution is 2.35. The third kappa shape index (κ3) is 6.24. The molecule has 0 aliphatic rings. The summed E-state index contributed by atoms with van der Waals surface area (Å²) in [6, 6.07) is 8.09. The van der Waals surface area contributed by atoms with Gasteiger partial charge in [0, 0.05) is 6.26 Å². The molecule has 2 rings (SSSR count). The van der Waals surface area contributed by atoms with Gasteiger partial charge in [-0.15, -0.1) is 0 Å². The average molecular weight is 514 g/mol. The van der Waals surface area contributed by atoms with Gasteiger partial charge in [0.15, 0.2) is 9.84 Å². The molecule has 0 fully saturated rings. The molecule has 2 aromatic carbocycles. The molecule has 12 heteroatoms. The molecule has 0 saturated carbocycles. The van der Waals surface area contributed by atoms with Gasteiger partial charge in [-0.2, -0.15) is 0 Å². The SMILES string of the molecule is CC(NC(=O)CN(c1cc(Cl)c(Cl)cc1Cl)S(C)(=O)=O)c1ccc(S(C)(=O)=O)cc1. The number of benzene rings is 2. The Morgan fingerprint density at radius 2 is 1.50 bits per heavy atom. The second-order valence-corrected chi connectivity index (χ2v) is 11.8. The summed E-state index contributed by atoms with van der Waals surface area (Å²) >= 11 is 18.0. The van der Waals surface area contributed by atoms with Crippen LogP contribution in [0.5, 0.6) is 0 Å². The maximum absolute atomic E-state index is 12.5. The maximum Gasteiger partial charge on any atom is 0.241 e. The van der Waals surface area contributed by atoms with Gasteiger partial charge in [-0.3, -0.25) is 9.10 Å². The van der Waals surface area contributed by atoms with Gasteiger partial charge in [-0.25, -0.2) is 16.8 Å². The van der Waals surface area contributed by atoms with Crippen molar-refractivity contribution >= 4 is 66.3 Å². The molecule has 0 heterocycles. The van der Waals surface area contributed by atoms with Gasteiger partial charge < -0.3 is 5.32 Å². The fraction of sp³-hybridized carbons (Fsp3) is 0.278. The Morgan fingerprint density at radius 1 is 0.967 bits per heavy atom. The number of amides is 1. The number of hydrogen-bond donors (Lipinski definition) is 1. The summed E-state index contributed by atoms with van der Waals surface area (Å²) in [4.78, 5) is 12.7. The Balaban J connectivity index is 2.22. The molecule has 1 unspecified atom stereocenters. The van der Waals surface area contributed by atoms with Crippen molar-refractivity contribution in [3.05, 3.63) is 57.0 Å². The molecule has 0 aliphatic carbocycles. The zero-order chi connectivity index (χ0) is 22.9. The lowest BCUT2D eigenvalue weighted by Gasteiger charge is -2.24. The number of carbonyl (C=O) groups is 1. The molecule has 0 radical (unpaired) electrons. The number of halogens is 3. The Kier molecular flexibility index (Phi) is 7.68. The van der Waals surface area contributed by atoms with E-state index in [1.807, 2.05) is 0 Å². The third-order valence-corrected chi connectivity index (χ3v) is 7.41. The van der Waals surface area contributed by atoms with Crippen molar-refractivity contribution in [2.24, 2.45) is 0 Å². The van der Waals surface area contributed by atoms with Crippen molar-refractivity contribution in [3.8, 4) is 0 Å². The topological polar surface area (TPSA) is 101 Å². The number of carbonyl (C=O) groups excluding carboxylic acids is 1. The van der Waals surface area contributed by atoms with Gasteiger partial charge >= 0.3 is 0 Å². The zero-order valence-electron chi connectivity index (χ0n) is 16.2. The first-order valence-electron chi connectivity index (χ1n) is 8.42. The minimum atomic E-state index is -3.87. The molecular weight excluding hydrogens is 495 g/mol. The molecule has 1 N–H and O–H groups in total. The molecule has 1 amide bonds. The van der Waals surface area contributed by atoms with Gasteiger partial charge in [0.25, 0.3) is 0 Å². The molecule has 2 aromatic rings. The third-order valence-electron chi connectivity index (χ3n) is 4.13. The summed E-state index contributed by atoms with van der Waals surface area (Å²) in [6.45, 7) is 1.15. The number of nitrogens with zero attached hydrogens (tertiary/aromatic N) is 1. The lowest BCUT2D eigenvalue weighted by Crippen LogP contribution is -2.41. The van der Waals surface area contributed by atoms with Gasteiger partial charge in [0.1, 0.15) is 6.54 Å². The van der Waals surface area contributed by atoms with Crippen LogP contribution in [0.25, 0.3) is 0 Å². The quantitative estimate of drug-likeness (QED) is 0.569. The average Bonchev–Trinajstić information content (AvgIpc) is 2.61. The van der Waals surface area contributed by atoms with Gasteiger partial charge in [0.2, 0.25) is 15.9 Å². The molecule has 0 spiro atoms. The molecule has 1 atom stereocenters. The predicted octanol–water partition coefficient (Wildman–Crippen LogP) is 3.69. The van der Waals surface area contributed by atoms with E-state index in [2.05, 4.69) is 5.32 Å². The number of sulfonamides is 1. The molecule has 0 aliphatic heterocycles. The highest BCUT2D eigenvalue weighted by molar-refractivity contribution is 7.92. The predicted molar refractivity (Wildman–Crippen MR) is 120 cm³/mol. The minimum Gasteiger partial charge on any atom is -0.348 e. The summed E-state index contributed by atoms with van der Waals surface area (Å²) < 4.78 is 48.4. The van der Waals surface area contributed by atoms with E-state index in [1.54, 1.807) is 19.1 Å². The van der Waals surface area contributed by atoms with Crippen molar-refractivity contribution in [1.29, 1.82) is 0 Å². The van der Waals surface area contributed by atoms with E-state index in [1.165, 1.54) is 24.3 Å². The van der Waals surface area contributed by atoms with E-state index in [-0.39, 0.29) is 25.7 Å². The second kappa shape index (κ2) is 9.32. The monoisotopic (exact) mass is 512 g/mol. The van der Waals surface area contributed by atoms with Crippen LogP contribution in [0.4, 0.5) is 5.69 Å². The summed E-state index contributed by atoms with van der Waals surface area (Å²) in [6.07, 6.45) is 2.04. The smallest absolute Gasteiger partial charge is 0.241 e. The minimum absolute atomic E-state index is 0.0204. The Hall–Kier alpha value is -1.52. The van der Waals surface area contributed by atoms with Crippen LogP contribution in [0.1, 0.15) is 18.5 Å². The van der Waals surface area contributed by atoms with Crippen molar-refractivity contribution in [2.75, 3.05) is 23.4 Å². The van der Waals surface area contributed by atoms with E-state index in [4.69, 9.17) is 34.8 Å². The number of rotatable bonds is 7. The van der Waals surface area contributed by atoms with Gasteiger partial charge in [-0.05, 0) is 36.8 Å². The van der Waals surface area contributed by atoms with Gasteiger partial charge in [-0.1, -0.05) is 46.9 Å². The fourth-order valence-corrected chi connectivity index (χ4v) is 4.77. The maximum atomic E-state index is 12.5. The molecule has 164 valence electrons. The lowest BCUT2D eigenvalue weighted by atomic mass is 10.1. The van der Waals surface area contributed by atoms with Crippen molar-refractivity contribution in [2.45, 2.75) is 17.9 Å². The second-order valence-electron chi connectivity index (χ2n) is 6.62. The van der Waals surface area contributed by atoms with Gasteiger partial charge in [0.05, 0.1) is 37.9 Å². The Morgan fingerprint density at radius 3 is 2.00 bits per heavy atom. The van der Waals surface area contributed by atoms with Crippen LogP contribution in [-0.4, -0.2) is 41.8 Å². The van der Waals surface area contributed by atoms with Crippen molar-refractivity contribution in [3.63, 3.8) is 0 Å². The van der Waals surface area contributed by atoms with Crippen LogP contribution in [0.2, 0.25) is 15.1 Å². The van der Waals surface area contributed by atoms with Crippen LogP contribution >= 0.6 is 34.8 Å². The number of nitrogens with one attached hydrogen (secondary N) is 1. The molecule has 30 heavy (non-hydrogen) atoms. The fourth-order valence-electron chi connectivity index (χ4n) is 2.59. The van der Waals surface area contributed by atoms with E-state index >= 15 is 0 Å². The zero-order valence-corrected chi connectivity index (χ0v) is 20.1. The van der Waals surface area contributed by atoms with Crippen LogP contribution in [0.3, 0.4) is 0 Å². The normalized spacial score (nSPS) is 13.0. The van der Waals surface area contributed by atoms with Crippen molar-refractivity contribution < 1.29 is 21.6 Å². The molecule has 7 nitrogen and oxygen atoms in total. The van der Waals surface area contributed by atoms with E-state index in [0.29, 0.717) is 5.56 Å². The summed E-state index contributed by atoms with van der Waals surface area (Å²) in [7, 11) is -7.20. The molecular formula is C18H19Cl3N2O5S2.